The molecule has 0 atom stereocenters. The van der Waals surface area contributed by atoms with E-state index in [-0.39, 0.29) is 18.4 Å². The van der Waals surface area contributed by atoms with Gasteiger partial charge in [0.2, 0.25) is 0 Å². The van der Waals surface area contributed by atoms with E-state index in [2.05, 4.69) is 5.32 Å². The molecule has 3 N–H and O–H groups in total. The van der Waals surface area contributed by atoms with Crippen molar-refractivity contribution < 1.29 is 23.9 Å². The van der Waals surface area contributed by atoms with Gasteiger partial charge < -0.3 is 25.3 Å². The van der Waals surface area contributed by atoms with Crippen LogP contribution in [0.1, 0.15) is 69.0 Å². The van der Waals surface area contributed by atoms with Crippen LogP contribution in [0.2, 0.25) is 0 Å². The summed E-state index contributed by atoms with van der Waals surface area (Å²) in [5, 5.41) is 2.85. The van der Waals surface area contributed by atoms with E-state index in [0.29, 0.717) is 54.6 Å². The third kappa shape index (κ3) is 6.42. The highest BCUT2D eigenvalue weighted by molar-refractivity contribution is 6.01. The van der Waals surface area contributed by atoms with E-state index in [4.69, 9.17) is 10.5 Å². The number of carbonyl (C=O) groups excluding carboxylic acids is 4. The van der Waals surface area contributed by atoms with Crippen LogP contribution in [0.4, 0.5) is 10.5 Å². The number of piperazine rings is 1. The van der Waals surface area contributed by atoms with Crippen LogP contribution in [0.5, 0.6) is 0 Å². The Morgan fingerprint density at radius 1 is 1.00 bits per heavy atom. The van der Waals surface area contributed by atoms with Crippen LogP contribution in [0.3, 0.4) is 0 Å². The van der Waals surface area contributed by atoms with Gasteiger partial charge in [-0.2, -0.15) is 0 Å². The molecular formula is C28H37N5O5. The van der Waals surface area contributed by atoms with Gasteiger partial charge in [0.15, 0.2) is 5.78 Å². The Morgan fingerprint density at radius 3 is 2.26 bits per heavy atom. The number of hydrogen-bond acceptors (Lipinski definition) is 6. The molecule has 10 heteroatoms. The second kappa shape index (κ2) is 12.3. The summed E-state index contributed by atoms with van der Waals surface area (Å²) in [6.45, 7) is 4.89. The average molecular weight is 524 g/mol. The number of nitrogens with two attached hydrogens (primary N) is 1. The molecule has 2 fully saturated rings. The van der Waals surface area contributed by atoms with Gasteiger partial charge in [0, 0.05) is 44.1 Å². The highest BCUT2D eigenvalue weighted by Crippen LogP contribution is 2.27. The molecule has 2 aromatic rings. The molecule has 3 amide bonds. The zero-order valence-corrected chi connectivity index (χ0v) is 22.2. The molecule has 2 heterocycles. The van der Waals surface area contributed by atoms with Gasteiger partial charge >= 0.3 is 12.0 Å². The molecule has 1 aromatic carbocycles. The van der Waals surface area contributed by atoms with E-state index in [1.807, 2.05) is 16.4 Å². The molecule has 38 heavy (non-hydrogen) atoms. The van der Waals surface area contributed by atoms with E-state index >= 15 is 0 Å². The topological polar surface area (TPSA) is 127 Å². The van der Waals surface area contributed by atoms with E-state index < -0.39 is 11.9 Å². The molecule has 1 aliphatic carbocycles. The molecule has 1 aromatic heterocycles. The van der Waals surface area contributed by atoms with Crippen molar-refractivity contribution >= 4 is 29.4 Å². The number of Topliss-reactive ketones (excluding diaryl/α,β-unsaturated/α-hetero) is 1. The third-order valence-electron chi connectivity index (χ3n) is 7.67. The first-order chi connectivity index (χ1) is 18.3. The zero-order valence-electron chi connectivity index (χ0n) is 22.2. The summed E-state index contributed by atoms with van der Waals surface area (Å²) < 4.78 is 6.68. The number of amides is 3. The number of primary amides is 1. The molecule has 2 aliphatic rings. The lowest BCUT2D eigenvalue weighted by Gasteiger charge is -2.34. The number of methoxy groups -OCH3 is 1. The maximum absolute atomic E-state index is 13.4. The van der Waals surface area contributed by atoms with E-state index in [9.17, 15) is 19.2 Å². The molecule has 4 rings (SSSR count). The number of anilines is 1. The van der Waals surface area contributed by atoms with Crippen molar-refractivity contribution in [1.29, 1.82) is 0 Å². The first-order valence-electron chi connectivity index (χ1n) is 13.3. The molecule has 0 radical (unpaired) electrons. The maximum Gasteiger partial charge on any atom is 0.337 e. The molecular weight excluding hydrogens is 486 g/mol. The fourth-order valence-corrected chi connectivity index (χ4v) is 5.39. The number of urea groups is 1. The van der Waals surface area contributed by atoms with Crippen molar-refractivity contribution in [3.8, 4) is 0 Å². The number of nitrogens with zero attached hydrogens (tertiary/aromatic N) is 3. The lowest BCUT2D eigenvalue weighted by Crippen LogP contribution is -2.51. The summed E-state index contributed by atoms with van der Waals surface area (Å²) >= 11 is 0. The minimum atomic E-state index is -0.515. The Bertz CT molecular complexity index is 1170. The van der Waals surface area contributed by atoms with Crippen molar-refractivity contribution in [2.24, 2.45) is 11.7 Å². The van der Waals surface area contributed by atoms with Crippen molar-refractivity contribution in [3.63, 3.8) is 0 Å². The van der Waals surface area contributed by atoms with Crippen molar-refractivity contribution in [1.82, 2.24) is 14.4 Å². The van der Waals surface area contributed by atoms with Gasteiger partial charge in [-0.25, -0.2) is 9.59 Å². The van der Waals surface area contributed by atoms with Crippen molar-refractivity contribution in [3.05, 3.63) is 52.8 Å². The van der Waals surface area contributed by atoms with Gasteiger partial charge in [-0.1, -0.05) is 19.3 Å². The Balaban J connectivity index is 1.33. The Kier molecular flexibility index (Phi) is 8.83. The van der Waals surface area contributed by atoms with Crippen LogP contribution >= 0.6 is 0 Å². The predicted molar refractivity (Wildman–Crippen MR) is 143 cm³/mol. The lowest BCUT2D eigenvalue weighted by molar-refractivity contribution is 0.0600. The predicted octanol–water partition coefficient (Wildman–Crippen LogP) is 3.29. The van der Waals surface area contributed by atoms with Crippen LogP contribution in [-0.2, 0) is 11.3 Å². The van der Waals surface area contributed by atoms with Crippen LogP contribution in [0, 0.1) is 12.8 Å². The van der Waals surface area contributed by atoms with E-state index in [0.717, 1.165) is 25.1 Å². The molecule has 0 bridgehead atoms. The zero-order chi connectivity index (χ0) is 27.2. The molecule has 1 saturated heterocycles. The molecule has 204 valence electrons. The van der Waals surface area contributed by atoms with E-state index in [1.165, 1.54) is 26.4 Å². The van der Waals surface area contributed by atoms with Crippen LogP contribution in [-0.4, -0.2) is 77.9 Å². The Hall–Kier alpha value is -3.66. The number of aromatic nitrogens is 1. The second-order valence-corrected chi connectivity index (χ2v) is 10.2. The summed E-state index contributed by atoms with van der Waals surface area (Å²) in [4.78, 5) is 53.4. The lowest BCUT2D eigenvalue weighted by atomic mass is 9.89. The smallest absolute Gasteiger partial charge is 0.337 e. The van der Waals surface area contributed by atoms with Crippen molar-refractivity contribution in [2.45, 2.75) is 45.6 Å². The third-order valence-corrected chi connectivity index (χ3v) is 7.67. The van der Waals surface area contributed by atoms with Crippen molar-refractivity contribution in [2.75, 3.05) is 45.2 Å². The van der Waals surface area contributed by atoms with Crippen LogP contribution in [0.15, 0.2) is 30.3 Å². The molecule has 10 nitrogen and oxygen atoms in total. The number of ether oxygens (including phenoxy) is 1. The highest BCUT2D eigenvalue weighted by Gasteiger charge is 2.27. The molecule has 1 saturated carbocycles. The quantitative estimate of drug-likeness (QED) is 0.404. The number of rotatable bonds is 8. The Labute approximate surface area is 223 Å². The monoisotopic (exact) mass is 523 g/mol. The molecule has 1 aliphatic heterocycles. The normalized spacial score (nSPS) is 16.7. The summed E-state index contributed by atoms with van der Waals surface area (Å²) in [7, 11) is 1.32. The number of ketones is 1. The Morgan fingerprint density at radius 2 is 1.66 bits per heavy atom. The first kappa shape index (κ1) is 27.4. The fourth-order valence-electron chi connectivity index (χ4n) is 5.39. The standard InChI is InChI=1S/C28H37N5O5/c1-19-23(26(29)35)16-24(33(19)17-20-6-4-3-5-7-20)25(34)18-31-12-14-32(15-13-31)28(37)30-22-10-8-21(9-11-22)27(36)38-2/h8-11,16,20H,3-7,12-15,17-18H2,1-2H3,(H2,29,35)(H,30,37). The summed E-state index contributed by atoms with van der Waals surface area (Å²) in [5.41, 5.74) is 8.30. The minimum absolute atomic E-state index is 0.0417. The summed E-state index contributed by atoms with van der Waals surface area (Å²) in [6, 6.07) is 7.93. The number of hydrogen-bond donors (Lipinski definition) is 2. The number of nitrogens with one attached hydrogen (secondary N) is 1. The number of benzene rings is 1. The fraction of sp³-hybridized carbons (Fsp3) is 0.500. The number of esters is 1. The minimum Gasteiger partial charge on any atom is -0.465 e. The average Bonchev–Trinajstić information content (AvgIpc) is 3.25. The largest absolute Gasteiger partial charge is 0.465 e. The maximum atomic E-state index is 13.4. The van der Waals surface area contributed by atoms with Crippen LogP contribution in [0.25, 0.3) is 0 Å². The van der Waals surface area contributed by atoms with E-state index in [1.54, 1.807) is 35.2 Å². The van der Waals surface area contributed by atoms with Crippen LogP contribution < -0.4 is 11.1 Å². The molecule has 0 unspecified atom stereocenters. The number of carbonyl (C=O) groups is 4. The van der Waals surface area contributed by atoms with Gasteiger partial charge in [0.1, 0.15) is 0 Å². The second-order valence-electron chi connectivity index (χ2n) is 10.2. The van der Waals surface area contributed by atoms with Gasteiger partial charge in [0.25, 0.3) is 5.91 Å². The van der Waals surface area contributed by atoms with Gasteiger partial charge in [-0.3, -0.25) is 14.5 Å². The summed E-state index contributed by atoms with van der Waals surface area (Å²) in [6.07, 6.45) is 5.93. The SMILES string of the molecule is COC(=O)c1ccc(NC(=O)N2CCN(CC(=O)c3cc(C(N)=O)c(C)n3CC3CCCCC3)CC2)cc1. The highest BCUT2D eigenvalue weighted by atomic mass is 16.5. The first-order valence-corrected chi connectivity index (χ1v) is 13.3. The summed E-state index contributed by atoms with van der Waals surface area (Å²) in [5.74, 6) is -0.491. The molecule has 0 spiro atoms. The van der Waals surface area contributed by atoms with Gasteiger partial charge in [-0.15, -0.1) is 0 Å². The van der Waals surface area contributed by atoms with Gasteiger partial charge in [-0.05, 0) is 56.0 Å². The van der Waals surface area contributed by atoms with Gasteiger partial charge in [0.05, 0.1) is 30.5 Å².